The zero-order valence-corrected chi connectivity index (χ0v) is 15.1. The maximum absolute atomic E-state index is 12.7. The first-order valence-corrected chi connectivity index (χ1v) is 8.67. The molecule has 0 saturated carbocycles. The number of amides is 1. The lowest BCUT2D eigenvalue weighted by Gasteiger charge is -2.23. The quantitative estimate of drug-likeness (QED) is 0.599. The molecule has 0 bridgehead atoms. The number of aliphatic hydroxyl groups is 1. The van der Waals surface area contributed by atoms with Gasteiger partial charge >= 0.3 is 0 Å². The number of carbonyl (C=O) groups excluding carboxylic acids is 1. The van der Waals surface area contributed by atoms with Gasteiger partial charge in [0.1, 0.15) is 6.04 Å². The van der Waals surface area contributed by atoms with Crippen LogP contribution in [0.2, 0.25) is 0 Å². The Bertz CT molecular complexity index is 649. The second-order valence-corrected chi connectivity index (χ2v) is 7.06. The molecule has 7 nitrogen and oxygen atoms in total. The number of hydrogen-bond acceptors (Lipinski definition) is 6. The van der Waals surface area contributed by atoms with E-state index in [9.17, 15) is 9.90 Å². The highest BCUT2D eigenvalue weighted by Crippen LogP contribution is 2.44. The molecular weight excluding hydrogens is 322 g/mol. The predicted molar refractivity (Wildman–Crippen MR) is 93.4 cm³/mol. The van der Waals surface area contributed by atoms with Gasteiger partial charge in [0.25, 0.3) is 0 Å². The van der Waals surface area contributed by atoms with Crippen LogP contribution in [0.25, 0.3) is 0 Å². The topological polar surface area (TPSA) is 91.9 Å². The van der Waals surface area contributed by atoms with E-state index in [1.54, 1.807) is 14.2 Å². The standard InChI is InChI=1S/C18H27N3O4/c1-9(2)13(8-22)19-18(23)17-12-5-10-6-14(24-3)15(25-4)7-11(10)16(12)20-21-17/h6-7,9,12-13,16-17,20-22H,5,8H2,1-4H3,(H,19,23)/t12?,13-,16?,17?/m1/s1. The first-order valence-electron chi connectivity index (χ1n) is 8.67. The molecule has 4 atom stereocenters. The Morgan fingerprint density at radius 2 is 1.96 bits per heavy atom. The summed E-state index contributed by atoms with van der Waals surface area (Å²) in [5.41, 5.74) is 8.66. The van der Waals surface area contributed by atoms with Crippen LogP contribution in [0.3, 0.4) is 0 Å². The average molecular weight is 349 g/mol. The Balaban J connectivity index is 1.78. The minimum absolute atomic E-state index is 0.0529. The van der Waals surface area contributed by atoms with E-state index in [4.69, 9.17) is 9.47 Å². The molecule has 1 amide bonds. The second kappa shape index (κ2) is 7.19. The molecule has 138 valence electrons. The fourth-order valence-corrected chi connectivity index (χ4v) is 3.74. The van der Waals surface area contributed by atoms with Gasteiger partial charge in [-0.25, -0.2) is 10.9 Å². The van der Waals surface area contributed by atoms with Crippen molar-refractivity contribution < 1.29 is 19.4 Å². The molecule has 3 unspecified atom stereocenters. The molecule has 0 aromatic heterocycles. The number of benzene rings is 1. The second-order valence-electron chi connectivity index (χ2n) is 7.06. The molecule has 1 aliphatic heterocycles. The number of carbonyl (C=O) groups is 1. The summed E-state index contributed by atoms with van der Waals surface area (Å²) in [6.45, 7) is 3.90. The van der Waals surface area contributed by atoms with Gasteiger partial charge < -0.3 is 19.9 Å². The summed E-state index contributed by atoms with van der Waals surface area (Å²) in [5.74, 6) is 1.60. The number of hydrogen-bond donors (Lipinski definition) is 4. The molecule has 1 heterocycles. The normalized spacial score (nSPS) is 25.4. The molecule has 1 saturated heterocycles. The molecular formula is C18H27N3O4. The lowest BCUT2D eigenvalue weighted by atomic mass is 9.94. The monoisotopic (exact) mass is 349 g/mol. The first kappa shape index (κ1) is 18.0. The van der Waals surface area contributed by atoms with E-state index in [0.717, 1.165) is 12.0 Å². The SMILES string of the molecule is COc1cc2c(cc1OC)C1NNC(C(=O)N[C@H](CO)C(C)C)C1C2. The summed E-state index contributed by atoms with van der Waals surface area (Å²) in [7, 11) is 3.24. The molecule has 3 rings (SSSR count). The summed E-state index contributed by atoms with van der Waals surface area (Å²) in [4.78, 5) is 12.7. The summed E-state index contributed by atoms with van der Waals surface area (Å²) in [6.07, 6.45) is 0.782. The molecule has 7 heteroatoms. The molecule has 1 aromatic rings. The number of fused-ring (bicyclic) bond motifs is 3. The van der Waals surface area contributed by atoms with Gasteiger partial charge in [-0.3, -0.25) is 4.79 Å². The zero-order chi connectivity index (χ0) is 18.1. The third-order valence-electron chi connectivity index (χ3n) is 5.30. The maximum atomic E-state index is 12.7. The summed E-state index contributed by atoms with van der Waals surface area (Å²) in [5, 5.41) is 12.4. The Morgan fingerprint density at radius 1 is 1.28 bits per heavy atom. The molecule has 25 heavy (non-hydrogen) atoms. The number of rotatable bonds is 6. The van der Waals surface area contributed by atoms with Crippen molar-refractivity contribution in [1.29, 1.82) is 0 Å². The van der Waals surface area contributed by atoms with Crippen LogP contribution in [0.5, 0.6) is 11.5 Å². The smallest absolute Gasteiger partial charge is 0.239 e. The molecule has 0 radical (unpaired) electrons. The minimum Gasteiger partial charge on any atom is -0.493 e. The van der Waals surface area contributed by atoms with Crippen LogP contribution >= 0.6 is 0 Å². The Morgan fingerprint density at radius 3 is 2.56 bits per heavy atom. The molecule has 2 aliphatic rings. The van der Waals surface area contributed by atoms with Crippen molar-refractivity contribution in [1.82, 2.24) is 16.2 Å². The van der Waals surface area contributed by atoms with Crippen LogP contribution in [0, 0.1) is 11.8 Å². The van der Waals surface area contributed by atoms with Crippen molar-refractivity contribution in [2.45, 2.75) is 38.4 Å². The van der Waals surface area contributed by atoms with Gasteiger partial charge in [0.15, 0.2) is 11.5 Å². The summed E-state index contributed by atoms with van der Waals surface area (Å²) < 4.78 is 10.8. The fourth-order valence-electron chi connectivity index (χ4n) is 3.74. The van der Waals surface area contributed by atoms with E-state index in [-0.39, 0.29) is 42.5 Å². The van der Waals surface area contributed by atoms with Crippen LogP contribution in [-0.4, -0.2) is 43.9 Å². The van der Waals surface area contributed by atoms with E-state index < -0.39 is 0 Å². The largest absolute Gasteiger partial charge is 0.493 e. The van der Waals surface area contributed by atoms with Crippen LogP contribution in [0.15, 0.2) is 12.1 Å². The van der Waals surface area contributed by atoms with Gasteiger partial charge in [-0.1, -0.05) is 13.8 Å². The van der Waals surface area contributed by atoms with Crippen LogP contribution in [-0.2, 0) is 11.2 Å². The van der Waals surface area contributed by atoms with Crippen molar-refractivity contribution >= 4 is 5.91 Å². The van der Waals surface area contributed by atoms with Crippen LogP contribution in [0.4, 0.5) is 0 Å². The van der Waals surface area contributed by atoms with Gasteiger partial charge in [0, 0.05) is 5.92 Å². The lowest BCUT2D eigenvalue weighted by molar-refractivity contribution is -0.125. The number of nitrogens with one attached hydrogen (secondary N) is 3. The van der Waals surface area contributed by atoms with Crippen molar-refractivity contribution in [3.05, 3.63) is 23.3 Å². The van der Waals surface area contributed by atoms with Crippen molar-refractivity contribution in [3.63, 3.8) is 0 Å². The van der Waals surface area contributed by atoms with Crippen molar-refractivity contribution in [3.8, 4) is 11.5 Å². The highest BCUT2D eigenvalue weighted by atomic mass is 16.5. The molecule has 0 spiro atoms. The highest BCUT2D eigenvalue weighted by Gasteiger charge is 2.46. The minimum atomic E-state index is -0.345. The highest BCUT2D eigenvalue weighted by molar-refractivity contribution is 5.83. The number of hydrazine groups is 1. The van der Waals surface area contributed by atoms with Crippen LogP contribution < -0.4 is 25.6 Å². The average Bonchev–Trinajstić information content (AvgIpc) is 3.16. The van der Waals surface area contributed by atoms with E-state index in [0.29, 0.717) is 11.5 Å². The van der Waals surface area contributed by atoms with Crippen molar-refractivity contribution in [2.24, 2.45) is 11.8 Å². The van der Waals surface area contributed by atoms with E-state index in [2.05, 4.69) is 16.2 Å². The van der Waals surface area contributed by atoms with E-state index in [1.807, 2.05) is 26.0 Å². The Kier molecular flexibility index (Phi) is 5.17. The fraction of sp³-hybridized carbons (Fsp3) is 0.611. The summed E-state index contributed by atoms with van der Waals surface area (Å²) in [6, 6.07) is 3.45. The Labute approximate surface area is 148 Å². The molecule has 1 aliphatic carbocycles. The first-order chi connectivity index (χ1) is 12.0. The van der Waals surface area contributed by atoms with Gasteiger partial charge in [-0.2, -0.15) is 0 Å². The number of aliphatic hydroxyl groups excluding tert-OH is 1. The third kappa shape index (κ3) is 3.19. The van der Waals surface area contributed by atoms with Crippen molar-refractivity contribution in [2.75, 3.05) is 20.8 Å². The zero-order valence-electron chi connectivity index (χ0n) is 15.1. The van der Waals surface area contributed by atoms with Gasteiger partial charge in [-0.05, 0) is 35.6 Å². The van der Waals surface area contributed by atoms with E-state index in [1.165, 1.54) is 5.56 Å². The van der Waals surface area contributed by atoms with E-state index >= 15 is 0 Å². The third-order valence-corrected chi connectivity index (χ3v) is 5.30. The number of methoxy groups -OCH3 is 2. The van der Waals surface area contributed by atoms with Crippen LogP contribution in [0.1, 0.15) is 31.0 Å². The predicted octanol–water partition coefficient (Wildman–Crippen LogP) is 0.527. The van der Waals surface area contributed by atoms with Gasteiger partial charge in [-0.15, -0.1) is 0 Å². The lowest BCUT2D eigenvalue weighted by Crippen LogP contribution is -2.51. The Hall–Kier alpha value is -1.83. The van der Waals surface area contributed by atoms with Gasteiger partial charge in [0.05, 0.1) is 32.9 Å². The molecule has 1 fully saturated rings. The number of ether oxygens (including phenoxy) is 2. The maximum Gasteiger partial charge on any atom is 0.239 e. The summed E-state index contributed by atoms with van der Waals surface area (Å²) >= 11 is 0. The molecule has 1 aromatic carbocycles. The van der Waals surface area contributed by atoms with Gasteiger partial charge in [0.2, 0.25) is 5.91 Å². The molecule has 4 N–H and O–H groups in total.